The van der Waals surface area contributed by atoms with Gasteiger partial charge in [-0.25, -0.2) is 9.59 Å². The van der Waals surface area contributed by atoms with E-state index in [1.54, 1.807) is 20.8 Å². The number of hydrogen-bond donors (Lipinski definition) is 1. The minimum absolute atomic E-state index is 0.124. The quantitative estimate of drug-likeness (QED) is 0.726. The molecule has 1 heterocycles. The first-order valence-corrected chi connectivity index (χ1v) is 6.20. The second-order valence-corrected chi connectivity index (χ2v) is 5.89. The maximum atomic E-state index is 12.1. The van der Waals surface area contributed by atoms with Gasteiger partial charge in [-0.3, -0.25) is 4.90 Å². The molecule has 0 aromatic heterocycles. The van der Waals surface area contributed by atoms with Crippen molar-refractivity contribution in [3.05, 3.63) is 12.2 Å². The summed E-state index contributed by atoms with van der Waals surface area (Å²) < 4.78 is 5.30. The third kappa shape index (κ3) is 2.35. The summed E-state index contributed by atoms with van der Waals surface area (Å²) in [5.74, 6) is -0.734. The van der Waals surface area contributed by atoms with E-state index >= 15 is 0 Å². The Kier molecular flexibility index (Phi) is 3.09. The fourth-order valence-electron chi connectivity index (χ4n) is 2.64. The highest BCUT2D eigenvalue weighted by atomic mass is 16.6. The zero-order valence-corrected chi connectivity index (χ0v) is 10.9. The van der Waals surface area contributed by atoms with Crippen LogP contribution in [0.15, 0.2) is 12.2 Å². The summed E-state index contributed by atoms with van der Waals surface area (Å²) in [4.78, 5) is 24.7. The first-order chi connectivity index (χ1) is 8.29. The molecule has 3 atom stereocenters. The number of nitrogens with zero attached hydrogens (tertiary/aromatic N) is 1. The van der Waals surface area contributed by atoms with E-state index < -0.39 is 23.7 Å². The highest BCUT2D eigenvalue weighted by Crippen LogP contribution is 2.38. The number of hydrogen-bond acceptors (Lipinski definition) is 3. The summed E-state index contributed by atoms with van der Waals surface area (Å²) in [5, 5.41) is 9.21. The van der Waals surface area contributed by atoms with Crippen LogP contribution >= 0.6 is 0 Å². The topological polar surface area (TPSA) is 66.8 Å². The summed E-state index contributed by atoms with van der Waals surface area (Å²) in [5.41, 5.74) is -0.611. The van der Waals surface area contributed by atoms with E-state index in [0.717, 1.165) is 6.42 Å². The largest absolute Gasteiger partial charge is 0.480 e. The lowest BCUT2D eigenvalue weighted by molar-refractivity contribution is -0.142. The number of rotatable bonds is 1. The van der Waals surface area contributed by atoms with E-state index in [9.17, 15) is 14.7 Å². The predicted molar refractivity (Wildman–Crippen MR) is 65.1 cm³/mol. The summed E-state index contributed by atoms with van der Waals surface area (Å²) in [7, 11) is 0. The first kappa shape index (κ1) is 12.9. The first-order valence-electron chi connectivity index (χ1n) is 6.20. The molecule has 1 fully saturated rings. The van der Waals surface area contributed by atoms with E-state index in [1.807, 2.05) is 12.2 Å². The average molecular weight is 253 g/mol. The smallest absolute Gasteiger partial charge is 0.411 e. The van der Waals surface area contributed by atoms with Gasteiger partial charge in [0.25, 0.3) is 0 Å². The molecular weight excluding hydrogens is 234 g/mol. The number of carboxylic acids is 1. The highest BCUT2D eigenvalue weighted by molar-refractivity contribution is 5.81. The van der Waals surface area contributed by atoms with Gasteiger partial charge in [0.1, 0.15) is 11.6 Å². The van der Waals surface area contributed by atoms with Crippen LogP contribution in [0.25, 0.3) is 0 Å². The zero-order chi connectivity index (χ0) is 13.5. The van der Waals surface area contributed by atoms with Crippen molar-refractivity contribution >= 4 is 12.1 Å². The van der Waals surface area contributed by atoms with Gasteiger partial charge in [-0.15, -0.1) is 0 Å². The number of carbonyl (C=O) groups is 2. The molecular formula is C13H19NO4. The van der Waals surface area contributed by atoms with Crippen LogP contribution in [0.5, 0.6) is 0 Å². The number of carbonyl (C=O) groups excluding carboxylic acids is 1. The van der Waals surface area contributed by atoms with Crippen molar-refractivity contribution in [1.82, 2.24) is 4.90 Å². The number of carboxylic acid groups (broad SMARTS) is 1. The van der Waals surface area contributed by atoms with E-state index in [2.05, 4.69) is 0 Å². The third-order valence-corrected chi connectivity index (χ3v) is 3.33. The monoisotopic (exact) mass is 253 g/mol. The molecule has 0 radical (unpaired) electrons. The van der Waals surface area contributed by atoms with Gasteiger partial charge in [-0.2, -0.15) is 0 Å². The standard InChI is InChI=1S/C13H19NO4/c1-13(2,3)18-12(17)14-9-6-4-5-8(9)7-10(14)11(15)16/h4,6,8-10H,5,7H2,1-3H3,(H,15,16)/t8-,9+,10+/m1/s1. The Labute approximate surface area is 106 Å². The molecule has 100 valence electrons. The second kappa shape index (κ2) is 4.30. The zero-order valence-electron chi connectivity index (χ0n) is 10.9. The van der Waals surface area contributed by atoms with Crippen LogP contribution in [0.4, 0.5) is 4.79 Å². The summed E-state index contributed by atoms with van der Waals surface area (Å²) >= 11 is 0. The summed E-state index contributed by atoms with van der Waals surface area (Å²) in [6.45, 7) is 5.33. The minimum Gasteiger partial charge on any atom is -0.480 e. The van der Waals surface area contributed by atoms with E-state index in [4.69, 9.17) is 4.74 Å². The average Bonchev–Trinajstić information content (AvgIpc) is 2.70. The number of fused-ring (bicyclic) bond motifs is 1. The number of allylic oxidation sites excluding steroid dienone is 1. The van der Waals surface area contributed by atoms with Crippen molar-refractivity contribution in [2.75, 3.05) is 0 Å². The molecule has 1 N–H and O–H groups in total. The van der Waals surface area contributed by atoms with Crippen molar-refractivity contribution in [3.63, 3.8) is 0 Å². The van der Waals surface area contributed by atoms with Crippen LogP contribution in [-0.2, 0) is 9.53 Å². The Balaban J connectivity index is 2.18. The van der Waals surface area contributed by atoms with Gasteiger partial charge >= 0.3 is 12.1 Å². The van der Waals surface area contributed by atoms with Gasteiger partial charge in [0.2, 0.25) is 0 Å². The molecule has 1 aliphatic carbocycles. The van der Waals surface area contributed by atoms with Crippen LogP contribution in [-0.4, -0.2) is 39.8 Å². The van der Waals surface area contributed by atoms with Crippen LogP contribution in [0.1, 0.15) is 33.6 Å². The highest BCUT2D eigenvalue weighted by Gasteiger charge is 2.48. The molecule has 2 rings (SSSR count). The summed E-state index contributed by atoms with van der Waals surface area (Å²) in [6.07, 6.45) is 4.73. The lowest BCUT2D eigenvalue weighted by atomic mass is 10.0. The fraction of sp³-hybridized carbons (Fsp3) is 0.692. The van der Waals surface area contributed by atoms with Gasteiger partial charge in [-0.1, -0.05) is 12.2 Å². The van der Waals surface area contributed by atoms with Crippen molar-refractivity contribution in [2.24, 2.45) is 5.92 Å². The fourth-order valence-corrected chi connectivity index (χ4v) is 2.64. The molecule has 0 unspecified atom stereocenters. The molecule has 0 saturated carbocycles. The van der Waals surface area contributed by atoms with Crippen LogP contribution in [0, 0.1) is 5.92 Å². The predicted octanol–water partition coefficient (Wildman–Crippen LogP) is 2.03. The molecule has 0 spiro atoms. The van der Waals surface area contributed by atoms with E-state index in [0.29, 0.717) is 6.42 Å². The number of likely N-dealkylation sites (tertiary alicyclic amines) is 1. The number of amides is 1. The maximum absolute atomic E-state index is 12.1. The van der Waals surface area contributed by atoms with Gasteiger partial charge in [0, 0.05) is 0 Å². The Morgan fingerprint density at radius 1 is 1.39 bits per heavy atom. The van der Waals surface area contributed by atoms with Crippen molar-refractivity contribution < 1.29 is 19.4 Å². The Hall–Kier alpha value is -1.52. The molecule has 5 nitrogen and oxygen atoms in total. The number of aliphatic carboxylic acids is 1. The lowest BCUT2D eigenvalue weighted by Gasteiger charge is -2.29. The van der Waals surface area contributed by atoms with Crippen molar-refractivity contribution in [3.8, 4) is 0 Å². The van der Waals surface area contributed by atoms with Crippen molar-refractivity contribution in [1.29, 1.82) is 0 Å². The molecule has 18 heavy (non-hydrogen) atoms. The van der Waals surface area contributed by atoms with E-state index in [1.165, 1.54) is 4.90 Å². The molecule has 1 aliphatic heterocycles. The Bertz CT molecular complexity index is 396. The normalized spacial score (nSPS) is 30.4. The van der Waals surface area contributed by atoms with Gasteiger partial charge in [0.05, 0.1) is 6.04 Å². The number of ether oxygens (including phenoxy) is 1. The Morgan fingerprint density at radius 2 is 2.06 bits per heavy atom. The molecule has 1 amide bonds. The Morgan fingerprint density at radius 3 is 2.61 bits per heavy atom. The second-order valence-electron chi connectivity index (χ2n) is 5.89. The van der Waals surface area contributed by atoms with Crippen LogP contribution < -0.4 is 0 Å². The van der Waals surface area contributed by atoms with Crippen LogP contribution in [0.3, 0.4) is 0 Å². The summed E-state index contributed by atoms with van der Waals surface area (Å²) in [6, 6.07) is -0.888. The minimum atomic E-state index is -0.955. The molecule has 0 aromatic rings. The molecule has 1 saturated heterocycles. The van der Waals surface area contributed by atoms with Crippen molar-refractivity contribution in [2.45, 2.75) is 51.3 Å². The molecule has 0 bridgehead atoms. The lowest BCUT2D eigenvalue weighted by Crippen LogP contribution is -2.46. The van der Waals surface area contributed by atoms with E-state index in [-0.39, 0.29) is 12.0 Å². The van der Waals surface area contributed by atoms with Gasteiger partial charge in [-0.05, 0) is 39.5 Å². The maximum Gasteiger partial charge on any atom is 0.411 e. The molecule has 5 heteroatoms. The van der Waals surface area contributed by atoms with Crippen LogP contribution in [0.2, 0.25) is 0 Å². The molecule has 0 aromatic carbocycles. The van der Waals surface area contributed by atoms with Gasteiger partial charge < -0.3 is 9.84 Å². The SMILES string of the molecule is CC(C)(C)OC(=O)N1[C@H](C(=O)O)C[C@H]2CC=C[C@@H]21. The molecule has 2 aliphatic rings. The van der Waals surface area contributed by atoms with Gasteiger partial charge in [0.15, 0.2) is 0 Å². The third-order valence-electron chi connectivity index (χ3n) is 3.33.